The summed E-state index contributed by atoms with van der Waals surface area (Å²) in [5.74, 6) is -1.12. The van der Waals surface area contributed by atoms with E-state index in [4.69, 9.17) is 5.11 Å². The zero-order chi connectivity index (χ0) is 12.9. The van der Waals surface area contributed by atoms with E-state index in [-0.39, 0.29) is 25.3 Å². The molecule has 1 aromatic rings. The molecule has 0 bridgehead atoms. The quantitative estimate of drug-likeness (QED) is 0.778. The second kappa shape index (κ2) is 5.46. The van der Waals surface area contributed by atoms with Gasteiger partial charge in [0.1, 0.15) is 5.69 Å². The van der Waals surface area contributed by atoms with E-state index in [1.807, 2.05) is 0 Å². The average molecular weight is 249 g/mol. The van der Waals surface area contributed by atoms with E-state index in [1.54, 1.807) is 0 Å². The van der Waals surface area contributed by atoms with E-state index in [0.29, 0.717) is 0 Å². The van der Waals surface area contributed by atoms with Crippen molar-refractivity contribution in [3.8, 4) is 0 Å². The molecule has 0 saturated heterocycles. The van der Waals surface area contributed by atoms with Gasteiger partial charge in [0.2, 0.25) is 5.95 Å². The molecule has 0 saturated carbocycles. The van der Waals surface area contributed by atoms with Gasteiger partial charge in [0.05, 0.1) is 0 Å². The Morgan fingerprint density at radius 1 is 1.47 bits per heavy atom. The van der Waals surface area contributed by atoms with Gasteiger partial charge in [-0.1, -0.05) is 0 Å². The second-order valence-corrected chi connectivity index (χ2v) is 3.19. The SMILES string of the molecule is O=C(O)CCCNc1nccc(C(F)(F)F)n1. The fraction of sp³-hybridized carbons (Fsp3) is 0.444. The van der Waals surface area contributed by atoms with Crippen molar-refractivity contribution in [1.29, 1.82) is 0 Å². The van der Waals surface area contributed by atoms with Crippen molar-refractivity contribution in [3.05, 3.63) is 18.0 Å². The first kappa shape index (κ1) is 13.2. The number of rotatable bonds is 5. The van der Waals surface area contributed by atoms with Gasteiger partial charge < -0.3 is 10.4 Å². The molecule has 94 valence electrons. The van der Waals surface area contributed by atoms with Gasteiger partial charge in [0, 0.05) is 19.2 Å². The number of aromatic nitrogens is 2. The molecule has 0 fully saturated rings. The highest BCUT2D eigenvalue weighted by Crippen LogP contribution is 2.27. The molecule has 1 heterocycles. The van der Waals surface area contributed by atoms with Crippen LogP contribution < -0.4 is 5.32 Å². The molecular weight excluding hydrogens is 239 g/mol. The molecule has 0 atom stereocenters. The van der Waals surface area contributed by atoms with E-state index in [9.17, 15) is 18.0 Å². The molecule has 0 aliphatic heterocycles. The van der Waals surface area contributed by atoms with Gasteiger partial charge in [-0.25, -0.2) is 9.97 Å². The predicted octanol–water partition coefficient (Wildman–Crippen LogP) is 1.77. The first-order valence-corrected chi connectivity index (χ1v) is 4.75. The number of nitrogens with one attached hydrogen (secondary N) is 1. The number of halogens is 3. The van der Waals surface area contributed by atoms with Gasteiger partial charge in [0.25, 0.3) is 0 Å². The normalized spacial score (nSPS) is 11.2. The van der Waals surface area contributed by atoms with Crippen LogP contribution in [0, 0.1) is 0 Å². The molecular formula is C9H10F3N3O2. The molecule has 8 heteroatoms. The molecule has 0 amide bonds. The van der Waals surface area contributed by atoms with Crippen molar-refractivity contribution in [2.45, 2.75) is 19.0 Å². The lowest BCUT2D eigenvalue weighted by atomic mass is 10.3. The Labute approximate surface area is 94.7 Å². The first-order valence-electron chi connectivity index (χ1n) is 4.75. The Kier molecular flexibility index (Phi) is 4.24. The lowest BCUT2D eigenvalue weighted by Gasteiger charge is -2.07. The standard InChI is InChI=1S/C9H10F3N3O2/c10-9(11,12)6-3-5-14-8(15-6)13-4-1-2-7(16)17/h3,5H,1-2,4H2,(H,16,17)(H,13,14,15). The van der Waals surface area contributed by atoms with Crippen LogP contribution in [0.3, 0.4) is 0 Å². The van der Waals surface area contributed by atoms with Crippen LogP contribution in [0.1, 0.15) is 18.5 Å². The second-order valence-electron chi connectivity index (χ2n) is 3.19. The number of alkyl halides is 3. The smallest absolute Gasteiger partial charge is 0.433 e. The van der Waals surface area contributed by atoms with Crippen molar-refractivity contribution in [3.63, 3.8) is 0 Å². The molecule has 0 spiro atoms. The number of carboxylic acids is 1. The Hall–Kier alpha value is -1.86. The highest BCUT2D eigenvalue weighted by molar-refractivity contribution is 5.66. The lowest BCUT2D eigenvalue weighted by Crippen LogP contribution is -2.12. The van der Waals surface area contributed by atoms with Crippen LogP contribution in [0.15, 0.2) is 12.3 Å². The van der Waals surface area contributed by atoms with Crippen LogP contribution >= 0.6 is 0 Å². The summed E-state index contributed by atoms with van der Waals surface area (Å²) in [4.78, 5) is 17.1. The van der Waals surface area contributed by atoms with Crippen molar-refractivity contribution in [2.75, 3.05) is 11.9 Å². The molecule has 5 nitrogen and oxygen atoms in total. The van der Waals surface area contributed by atoms with Gasteiger partial charge >= 0.3 is 12.1 Å². The number of carboxylic acid groups (broad SMARTS) is 1. The van der Waals surface area contributed by atoms with Crippen LogP contribution in [0.4, 0.5) is 19.1 Å². The van der Waals surface area contributed by atoms with Crippen LogP contribution in [-0.2, 0) is 11.0 Å². The number of carbonyl (C=O) groups is 1. The number of hydrogen-bond donors (Lipinski definition) is 2. The largest absolute Gasteiger partial charge is 0.481 e. The number of nitrogens with zero attached hydrogens (tertiary/aromatic N) is 2. The van der Waals surface area contributed by atoms with E-state index < -0.39 is 17.8 Å². The Bertz CT molecular complexity index is 395. The third kappa shape index (κ3) is 4.66. The highest BCUT2D eigenvalue weighted by atomic mass is 19.4. The summed E-state index contributed by atoms with van der Waals surface area (Å²) in [6, 6.07) is 0.766. The molecule has 0 unspecified atom stereocenters. The number of aliphatic carboxylic acids is 1. The molecule has 2 N–H and O–H groups in total. The Morgan fingerprint density at radius 2 is 2.18 bits per heavy atom. The monoisotopic (exact) mass is 249 g/mol. The molecule has 0 aromatic carbocycles. The maximum absolute atomic E-state index is 12.3. The van der Waals surface area contributed by atoms with Crippen LogP contribution in [0.2, 0.25) is 0 Å². The van der Waals surface area contributed by atoms with Gasteiger partial charge in [-0.05, 0) is 12.5 Å². The van der Waals surface area contributed by atoms with Gasteiger partial charge in [-0.2, -0.15) is 13.2 Å². The third-order valence-electron chi connectivity index (χ3n) is 1.80. The minimum atomic E-state index is -4.51. The fourth-order valence-electron chi connectivity index (χ4n) is 1.04. The first-order chi connectivity index (χ1) is 7.89. The summed E-state index contributed by atoms with van der Waals surface area (Å²) in [7, 11) is 0. The summed E-state index contributed by atoms with van der Waals surface area (Å²) in [5.41, 5.74) is -1.03. The van der Waals surface area contributed by atoms with E-state index in [2.05, 4.69) is 15.3 Å². The summed E-state index contributed by atoms with van der Waals surface area (Å²) in [6.45, 7) is 0.202. The van der Waals surface area contributed by atoms with Crippen molar-refractivity contribution >= 4 is 11.9 Å². The minimum absolute atomic E-state index is 0.0635. The summed E-state index contributed by atoms with van der Waals surface area (Å²) >= 11 is 0. The van der Waals surface area contributed by atoms with E-state index in [1.165, 1.54) is 0 Å². The number of anilines is 1. The van der Waals surface area contributed by atoms with Gasteiger partial charge in [-0.15, -0.1) is 0 Å². The minimum Gasteiger partial charge on any atom is -0.481 e. The van der Waals surface area contributed by atoms with E-state index >= 15 is 0 Å². The summed E-state index contributed by atoms with van der Waals surface area (Å²) < 4.78 is 36.8. The van der Waals surface area contributed by atoms with Gasteiger partial charge in [-0.3, -0.25) is 4.79 Å². The zero-order valence-electron chi connectivity index (χ0n) is 8.66. The maximum atomic E-state index is 12.3. The predicted molar refractivity (Wildman–Crippen MR) is 52.4 cm³/mol. The molecule has 0 aliphatic carbocycles. The Morgan fingerprint density at radius 3 is 2.76 bits per heavy atom. The van der Waals surface area contributed by atoms with E-state index in [0.717, 1.165) is 12.3 Å². The number of hydrogen-bond acceptors (Lipinski definition) is 4. The fourth-order valence-corrected chi connectivity index (χ4v) is 1.04. The van der Waals surface area contributed by atoms with Crippen molar-refractivity contribution < 1.29 is 23.1 Å². The topological polar surface area (TPSA) is 75.1 Å². The third-order valence-corrected chi connectivity index (χ3v) is 1.80. The highest BCUT2D eigenvalue weighted by Gasteiger charge is 2.32. The average Bonchev–Trinajstić information content (AvgIpc) is 2.23. The zero-order valence-corrected chi connectivity index (χ0v) is 8.66. The maximum Gasteiger partial charge on any atom is 0.433 e. The van der Waals surface area contributed by atoms with Gasteiger partial charge in [0.15, 0.2) is 0 Å². The Balaban J connectivity index is 2.52. The van der Waals surface area contributed by atoms with Crippen molar-refractivity contribution in [2.24, 2.45) is 0 Å². The van der Waals surface area contributed by atoms with Crippen LogP contribution in [0.5, 0.6) is 0 Å². The van der Waals surface area contributed by atoms with Crippen LogP contribution in [-0.4, -0.2) is 27.6 Å². The summed E-state index contributed by atoms with van der Waals surface area (Å²) in [6.07, 6.45) is -3.29. The molecule has 1 aromatic heterocycles. The molecule has 0 radical (unpaired) electrons. The van der Waals surface area contributed by atoms with Crippen molar-refractivity contribution in [1.82, 2.24) is 9.97 Å². The molecule has 0 aliphatic rings. The summed E-state index contributed by atoms with van der Waals surface area (Å²) in [5, 5.41) is 10.9. The molecule has 1 rings (SSSR count). The lowest BCUT2D eigenvalue weighted by molar-refractivity contribution is -0.141. The molecule has 17 heavy (non-hydrogen) atoms. The van der Waals surface area contributed by atoms with Crippen LogP contribution in [0.25, 0.3) is 0 Å².